The summed E-state index contributed by atoms with van der Waals surface area (Å²) in [6.45, 7) is 0. The SMILES string of the molecule is COc1cc(F)c(C2(O)CCC2)cc1F. The first kappa shape index (κ1) is 10.4. The molecule has 1 aromatic carbocycles. The standard InChI is InChI=1S/C11H12F2O2/c1-15-10-6-8(12)7(5-9(10)13)11(14)3-2-4-11/h5-6,14H,2-4H2,1H3. The molecule has 2 rings (SSSR count). The molecule has 0 saturated heterocycles. The minimum atomic E-state index is -1.18. The van der Waals surface area contributed by atoms with Crippen molar-refractivity contribution >= 4 is 0 Å². The molecule has 0 aromatic heterocycles. The topological polar surface area (TPSA) is 29.5 Å². The maximum absolute atomic E-state index is 13.5. The Morgan fingerprint density at radius 3 is 2.40 bits per heavy atom. The number of hydrogen-bond acceptors (Lipinski definition) is 2. The van der Waals surface area contributed by atoms with E-state index in [1.807, 2.05) is 0 Å². The van der Waals surface area contributed by atoms with Crippen molar-refractivity contribution in [1.82, 2.24) is 0 Å². The van der Waals surface area contributed by atoms with Gasteiger partial charge in [-0.3, -0.25) is 0 Å². The Morgan fingerprint density at radius 1 is 1.27 bits per heavy atom. The normalized spacial score (nSPS) is 18.4. The summed E-state index contributed by atoms with van der Waals surface area (Å²) in [6.07, 6.45) is 1.80. The lowest BCUT2D eigenvalue weighted by molar-refractivity contribution is -0.0419. The fourth-order valence-corrected chi connectivity index (χ4v) is 1.82. The summed E-state index contributed by atoms with van der Waals surface area (Å²) in [5, 5.41) is 9.90. The van der Waals surface area contributed by atoms with Gasteiger partial charge in [-0.15, -0.1) is 0 Å². The first-order chi connectivity index (χ1) is 7.07. The first-order valence-electron chi connectivity index (χ1n) is 4.83. The Bertz CT molecular complexity index is 386. The highest BCUT2D eigenvalue weighted by molar-refractivity contribution is 5.35. The summed E-state index contributed by atoms with van der Waals surface area (Å²) >= 11 is 0. The minimum absolute atomic E-state index is 0.0343. The van der Waals surface area contributed by atoms with Crippen LogP contribution in [0, 0.1) is 11.6 Å². The largest absolute Gasteiger partial charge is 0.494 e. The maximum atomic E-state index is 13.5. The predicted octanol–water partition coefficient (Wildman–Crippen LogP) is 2.34. The second-order valence-corrected chi connectivity index (χ2v) is 3.85. The predicted molar refractivity (Wildman–Crippen MR) is 50.7 cm³/mol. The third kappa shape index (κ3) is 1.59. The van der Waals surface area contributed by atoms with E-state index in [4.69, 9.17) is 0 Å². The molecule has 0 atom stereocenters. The molecule has 2 nitrogen and oxygen atoms in total. The molecule has 1 N–H and O–H groups in total. The Balaban J connectivity index is 2.45. The number of aliphatic hydroxyl groups is 1. The molecule has 4 heteroatoms. The van der Waals surface area contributed by atoms with Gasteiger partial charge in [0.05, 0.1) is 12.7 Å². The van der Waals surface area contributed by atoms with Crippen LogP contribution in [0.2, 0.25) is 0 Å². The zero-order chi connectivity index (χ0) is 11.1. The number of methoxy groups -OCH3 is 1. The number of ether oxygens (including phenoxy) is 1. The Hall–Kier alpha value is -1.16. The highest BCUT2D eigenvalue weighted by atomic mass is 19.1. The molecule has 82 valence electrons. The average molecular weight is 214 g/mol. The zero-order valence-corrected chi connectivity index (χ0v) is 8.39. The molecule has 0 unspecified atom stereocenters. The van der Waals surface area contributed by atoms with Crippen molar-refractivity contribution in [2.45, 2.75) is 24.9 Å². The maximum Gasteiger partial charge on any atom is 0.165 e. The summed E-state index contributed by atoms with van der Waals surface area (Å²) in [6, 6.07) is 1.99. The van der Waals surface area contributed by atoms with Gasteiger partial charge in [-0.25, -0.2) is 8.78 Å². The molecule has 0 aliphatic heterocycles. The molecule has 0 bridgehead atoms. The van der Waals surface area contributed by atoms with E-state index in [0.717, 1.165) is 18.6 Å². The molecule has 1 aliphatic carbocycles. The number of rotatable bonds is 2. The van der Waals surface area contributed by atoms with Crippen molar-refractivity contribution in [3.05, 3.63) is 29.3 Å². The second kappa shape index (κ2) is 3.45. The third-order valence-electron chi connectivity index (χ3n) is 2.92. The Kier molecular flexibility index (Phi) is 2.38. The van der Waals surface area contributed by atoms with E-state index in [9.17, 15) is 13.9 Å². The molecule has 0 amide bonds. The lowest BCUT2D eigenvalue weighted by Crippen LogP contribution is -2.34. The second-order valence-electron chi connectivity index (χ2n) is 3.85. The van der Waals surface area contributed by atoms with Crippen molar-refractivity contribution in [3.8, 4) is 5.75 Å². The van der Waals surface area contributed by atoms with E-state index in [2.05, 4.69) is 4.74 Å². The first-order valence-corrected chi connectivity index (χ1v) is 4.83. The summed E-state index contributed by atoms with van der Waals surface area (Å²) in [5.74, 6) is -1.40. The van der Waals surface area contributed by atoms with Gasteiger partial charge in [-0.2, -0.15) is 0 Å². The molecular weight excluding hydrogens is 202 g/mol. The van der Waals surface area contributed by atoms with Gasteiger partial charge in [-0.1, -0.05) is 0 Å². The van der Waals surface area contributed by atoms with Crippen LogP contribution in [0.25, 0.3) is 0 Å². The van der Waals surface area contributed by atoms with Crippen LogP contribution >= 0.6 is 0 Å². The third-order valence-corrected chi connectivity index (χ3v) is 2.92. The fourth-order valence-electron chi connectivity index (χ4n) is 1.82. The van der Waals surface area contributed by atoms with Gasteiger partial charge < -0.3 is 9.84 Å². The van der Waals surface area contributed by atoms with Gasteiger partial charge in [0.1, 0.15) is 5.82 Å². The minimum Gasteiger partial charge on any atom is -0.494 e. The van der Waals surface area contributed by atoms with Gasteiger partial charge >= 0.3 is 0 Å². The van der Waals surface area contributed by atoms with Gasteiger partial charge in [0.2, 0.25) is 0 Å². The Labute approximate surface area is 86.5 Å². The van der Waals surface area contributed by atoms with Crippen molar-refractivity contribution in [3.63, 3.8) is 0 Å². The van der Waals surface area contributed by atoms with E-state index in [1.54, 1.807) is 0 Å². The molecule has 1 aliphatic rings. The van der Waals surface area contributed by atoms with Gasteiger partial charge in [0, 0.05) is 11.6 Å². The van der Waals surface area contributed by atoms with E-state index in [1.165, 1.54) is 7.11 Å². The quantitative estimate of drug-likeness (QED) is 0.818. The number of hydrogen-bond donors (Lipinski definition) is 1. The van der Waals surface area contributed by atoms with Crippen molar-refractivity contribution in [1.29, 1.82) is 0 Å². The van der Waals surface area contributed by atoms with E-state index < -0.39 is 17.2 Å². The van der Waals surface area contributed by atoms with E-state index in [-0.39, 0.29) is 11.3 Å². The Morgan fingerprint density at radius 2 is 1.93 bits per heavy atom. The molecule has 0 heterocycles. The summed E-state index contributed by atoms with van der Waals surface area (Å²) in [7, 11) is 1.27. The molecule has 1 saturated carbocycles. The number of halogens is 2. The average Bonchev–Trinajstić information content (AvgIpc) is 2.17. The molecule has 1 fully saturated rings. The molecular formula is C11H12F2O2. The highest BCUT2D eigenvalue weighted by Gasteiger charge is 2.39. The lowest BCUT2D eigenvalue weighted by Gasteiger charge is -2.37. The number of benzene rings is 1. The monoisotopic (exact) mass is 214 g/mol. The van der Waals surface area contributed by atoms with Crippen LogP contribution < -0.4 is 4.74 Å². The van der Waals surface area contributed by atoms with Crippen LogP contribution in [0.5, 0.6) is 5.75 Å². The lowest BCUT2D eigenvalue weighted by atomic mass is 9.75. The molecule has 15 heavy (non-hydrogen) atoms. The van der Waals surface area contributed by atoms with Crippen LogP contribution in [0.1, 0.15) is 24.8 Å². The van der Waals surface area contributed by atoms with Crippen molar-refractivity contribution < 1.29 is 18.6 Å². The van der Waals surface area contributed by atoms with E-state index >= 15 is 0 Å². The van der Waals surface area contributed by atoms with Crippen molar-refractivity contribution in [2.75, 3.05) is 7.11 Å². The highest BCUT2D eigenvalue weighted by Crippen LogP contribution is 2.43. The van der Waals surface area contributed by atoms with Gasteiger partial charge in [0.25, 0.3) is 0 Å². The summed E-state index contributed by atoms with van der Waals surface area (Å²) in [4.78, 5) is 0. The van der Waals surface area contributed by atoms with Crippen LogP contribution in [-0.4, -0.2) is 12.2 Å². The van der Waals surface area contributed by atoms with Gasteiger partial charge in [0.15, 0.2) is 11.6 Å². The summed E-state index contributed by atoms with van der Waals surface area (Å²) < 4.78 is 31.5. The smallest absolute Gasteiger partial charge is 0.165 e. The molecule has 1 aromatic rings. The van der Waals surface area contributed by atoms with Crippen LogP contribution in [0.3, 0.4) is 0 Å². The van der Waals surface area contributed by atoms with Gasteiger partial charge in [-0.05, 0) is 25.3 Å². The van der Waals surface area contributed by atoms with E-state index in [0.29, 0.717) is 12.8 Å². The van der Waals surface area contributed by atoms with Crippen LogP contribution in [0.4, 0.5) is 8.78 Å². The molecule has 0 spiro atoms. The van der Waals surface area contributed by atoms with Crippen LogP contribution in [-0.2, 0) is 5.60 Å². The van der Waals surface area contributed by atoms with Crippen LogP contribution in [0.15, 0.2) is 12.1 Å². The zero-order valence-electron chi connectivity index (χ0n) is 8.39. The molecule has 0 radical (unpaired) electrons. The fraction of sp³-hybridized carbons (Fsp3) is 0.455. The van der Waals surface area contributed by atoms with Crippen molar-refractivity contribution in [2.24, 2.45) is 0 Å². The summed E-state index contributed by atoms with van der Waals surface area (Å²) in [5.41, 5.74) is -1.15.